The smallest absolute Gasteiger partial charge is 0.244 e. The van der Waals surface area contributed by atoms with Gasteiger partial charge in [0.05, 0.1) is 19.4 Å². The fraction of sp³-hybridized carbons (Fsp3) is 0.211. The molecule has 0 heterocycles. The van der Waals surface area contributed by atoms with Crippen LogP contribution in [0.15, 0.2) is 48.5 Å². The number of nitrogens with one attached hydrogen (secondary N) is 1. The average Bonchev–Trinajstić information content (AvgIpc) is 2.60. The Hall–Kier alpha value is -2.95. The maximum Gasteiger partial charge on any atom is 0.244 e. The lowest BCUT2D eigenvalue weighted by Gasteiger charge is -2.08. The third-order valence-electron chi connectivity index (χ3n) is 3.41. The Kier molecular flexibility index (Phi) is 6.25. The molecule has 0 saturated heterocycles. The number of anilines is 1. The van der Waals surface area contributed by atoms with Crippen LogP contribution in [-0.2, 0) is 11.3 Å². The van der Waals surface area contributed by atoms with Gasteiger partial charge in [0.1, 0.15) is 11.5 Å². The molecular weight excluding hydrogens is 304 g/mol. The maximum absolute atomic E-state index is 11.9. The lowest BCUT2D eigenvalue weighted by Crippen LogP contribution is -2.20. The molecule has 0 fully saturated rings. The minimum absolute atomic E-state index is 0.187. The van der Waals surface area contributed by atoms with Crippen molar-refractivity contribution in [3.05, 3.63) is 59.7 Å². The van der Waals surface area contributed by atoms with Crippen molar-refractivity contribution in [2.75, 3.05) is 19.5 Å². The van der Waals surface area contributed by atoms with Gasteiger partial charge in [-0.05, 0) is 36.8 Å². The molecule has 3 N–H and O–H groups in total. The summed E-state index contributed by atoms with van der Waals surface area (Å²) in [4.78, 5) is 11.9. The number of benzene rings is 2. The molecule has 1 amide bonds. The Morgan fingerprint density at radius 3 is 2.71 bits per heavy atom. The second kappa shape index (κ2) is 8.62. The molecular formula is C19H22N2O3. The van der Waals surface area contributed by atoms with Gasteiger partial charge in [-0.25, -0.2) is 0 Å². The van der Waals surface area contributed by atoms with E-state index in [0.29, 0.717) is 24.6 Å². The van der Waals surface area contributed by atoms with Crippen molar-refractivity contribution in [3.63, 3.8) is 0 Å². The number of amides is 1. The van der Waals surface area contributed by atoms with E-state index in [4.69, 9.17) is 15.2 Å². The van der Waals surface area contributed by atoms with Gasteiger partial charge in [0.15, 0.2) is 0 Å². The maximum atomic E-state index is 11.9. The van der Waals surface area contributed by atoms with Gasteiger partial charge in [0, 0.05) is 18.2 Å². The van der Waals surface area contributed by atoms with Crippen LogP contribution >= 0.6 is 0 Å². The van der Waals surface area contributed by atoms with Gasteiger partial charge in [-0.1, -0.05) is 24.3 Å². The van der Waals surface area contributed by atoms with Crippen LogP contribution in [0.25, 0.3) is 6.08 Å². The molecule has 0 aliphatic rings. The number of para-hydroxylation sites is 1. The van der Waals surface area contributed by atoms with Gasteiger partial charge in [0.2, 0.25) is 5.91 Å². The number of carbonyl (C=O) groups excluding carboxylic acids is 1. The van der Waals surface area contributed by atoms with E-state index >= 15 is 0 Å². The van der Waals surface area contributed by atoms with Gasteiger partial charge >= 0.3 is 0 Å². The van der Waals surface area contributed by atoms with Crippen molar-refractivity contribution in [2.24, 2.45) is 0 Å². The van der Waals surface area contributed by atoms with Gasteiger partial charge in [-0.2, -0.15) is 0 Å². The molecule has 0 aliphatic carbocycles. The molecule has 24 heavy (non-hydrogen) atoms. The van der Waals surface area contributed by atoms with Crippen LogP contribution in [0.5, 0.6) is 11.5 Å². The van der Waals surface area contributed by atoms with Crippen LogP contribution in [0.4, 0.5) is 5.69 Å². The third-order valence-corrected chi connectivity index (χ3v) is 3.41. The Morgan fingerprint density at radius 1 is 1.21 bits per heavy atom. The van der Waals surface area contributed by atoms with Crippen molar-refractivity contribution in [3.8, 4) is 11.5 Å². The standard InChI is InChI=1S/C19H22N2O3/c1-3-24-18-10-8-14(12-16(18)20)9-11-19(22)21-13-15-6-4-5-7-17(15)23-2/h4-12H,3,13,20H2,1-2H3,(H,21,22)/b11-9-. The number of nitrogens with two attached hydrogens (primary N) is 1. The summed E-state index contributed by atoms with van der Waals surface area (Å²) in [6.07, 6.45) is 3.19. The van der Waals surface area contributed by atoms with Gasteiger partial charge < -0.3 is 20.5 Å². The Morgan fingerprint density at radius 2 is 2.00 bits per heavy atom. The summed E-state index contributed by atoms with van der Waals surface area (Å²) in [6, 6.07) is 13.0. The second-order valence-corrected chi connectivity index (χ2v) is 5.09. The predicted molar refractivity (Wildman–Crippen MR) is 95.9 cm³/mol. The van der Waals surface area contributed by atoms with Gasteiger partial charge in [-0.15, -0.1) is 0 Å². The molecule has 5 heteroatoms. The Labute approximate surface area is 142 Å². The summed E-state index contributed by atoms with van der Waals surface area (Å²) in [5, 5.41) is 2.83. The SMILES string of the molecule is CCOc1ccc(/C=C\C(=O)NCc2ccccc2OC)cc1N. The quantitative estimate of drug-likeness (QED) is 0.606. The van der Waals surface area contributed by atoms with Gasteiger partial charge in [0.25, 0.3) is 0 Å². The van der Waals surface area contributed by atoms with E-state index in [-0.39, 0.29) is 5.91 Å². The molecule has 0 aromatic heterocycles. The number of carbonyl (C=O) groups is 1. The Balaban J connectivity index is 1.94. The highest BCUT2D eigenvalue weighted by atomic mass is 16.5. The zero-order valence-electron chi connectivity index (χ0n) is 13.9. The molecule has 0 radical (unpaired) electrons. The van der Waals surface area contributed by atoms with Crippen molar-refractivity contribution in [2.45, 2.75) is 13.5 Å². The normalized spacial score (nSPS) is 10.6. The Bertz CT molecular complexity index is 726. The van der Waals surface area contributed by atoms with Crippen molar-refractivity contribution >= 4 is 17.7 Å². The lowest BCUT2D eigenvalue weighted by atomic mass is 10.1. The van der Waals surface area contributed by atoms with E-state index in [1.54, 1.807) is 25.3 Å². The van der Waals surface area contributed by atoms with Crippen molar-refractivity contribution < 1.29 is 14.3 Å². The van der Waals surface area contributed by atoms with Gasteiger partial charge in [-0.3, -0.25) is 4.79 Å². The van der Waals surface area contributed by atoms with E-state index in [9.17, 15) is 4.79 Å². The van der Waals surface area contributed by atoms with Crippen molar-refractivity contribution in [1.29, 1.82) is 0 Å². The first-order valence-corrected chi connectivity index (χ1v) is 7.74. The van der Waals surface area contributed by atoms with E-state index in [0.717, 1.165) is 16.9 Å². The number of hydrogen-bond acceptors (Lipinski definition) is 4. The van der Waals surface area contributed by atoms with Crippen LogP contribution < -0.4 is 20.5 Å². The highest BCUT2D eigenvalue weighted by molar-refractivity contribution is 5.91. The third kappa shape index (κ3) is 4.78. The molecule has 2 aromatic rings. The molecule has 0 spiro atoms. The summed E-state index contributed by atoms with van der Waals surface area (Å²) in [5.41, 5.74) is 8.22. The zero-order chi connectivity index (χ0) is 17.4. The molecule has 2 rings (SSSR count). The molecule has 0 atom stereocenters. The van der Waals surface area contributed by atoms with E-state index < -0.39 is 0 Å². The van der Waals surface area contributed by atoms with Crippen LogP contribution in [0.3, 0.4) is 0 Å². The fourth-order valence-corrected chi connectivity index (χ4v) is 2.22. The molecule has 0 bridgehead atoms. The lowest BCUT2D eigenvalue weighted by molar-refractivity contribution is -0.116. The zero-order valence-corrected chi connectivity index (χ0v) is 13.9. The highest BCUT2D eigenvalue weighted by Crippen LogP contribution is 2.23. The number of ether oxygens (including phenoxy) is 2. The van der Waals surface area contributed by atoms with E-state index in [1.807, 2.05) is 37.3 Å². The first kappa shape index (κ1) is 17.4. The van der Waals surface area contributed by atoms with Crippen LogP contribution in [0.2, 0.25) is 0 Å². The second-order valence-electron chi connectivity index (χ2n) is 5.09. The summed E-state index contributed by atoms with van der Waals surface area (Å²) < 4.78 is 10.6. The van der Waals surface area contributed by atoms with Crippen LogP contribution in [0, 0.1) is 0 Å². The minimum Gasteiger partial charge on any atom is -0.496 e. The number of nitrogen functional groups attached to an aromatic ring is 1. The summed E-state index contributed by atoms with van der Waals surface area (Å²) in [7, 11) is 1.61. The number of methoxy groups -OCH3 is 1. The van der Waals surface area contributed by atoms with E-state index in [2.05, 4.69) is 5.32 Å². The number of rotatable bonds is 7. The average molecular weight is 326 g/mol. The predicted octanol–water partition coefficient (Wildman–Crippen LogP) is 3.01. The molecule has 126 valence electrons. The topological polar surface area (TPSA) is 73.6 Å². The fourth-order valence-electron chi connectivity index (χ4n) is 2.22. The molecule has 0 aliphatic heterocycles. The first-order chi connectivity index (χ1) is 11.6. The largest absolute Gasteiger partial charge is 0.496 e. The minimum atomic E-state index is -0.187. The molecule has 5 nitrogen and oxygen atoms in total. The van der Waals surface area contributed by atoms with Crippen LogP contribution in [-0.4, -0.2) is 19.6 Å². The summed E-state index contributed by atoms with van der Waals surface area (Å²) in [5.74, 6) is 1.21. The first-order valence-electron chi connectivity index (χ1n) is 7.74. The number of hydrogen-bond donors (Lipinski definition) is 2. The van der Waals surface area contributed by atoms with E-state index in [1.165, 1.54) is 6.08 Å². The summed E-state index contributed by atoms with van der Waals surface area (Å²) >= 11 is 0. The van der Waals surface area contributed by atoms with Crippen LogP contribution in [0.1, 0.15) is 18.1 Å². The monoisotopic (exact) mass is 326 g/mol. The summed E-state index contributed by atoms with van der Waals surface area (Å²) in [6.45, 7) is 2.86. The van der Waals surface area contributed by atoms with Crippen molar-refractivity contribution in [1.82, 2.24) is 5.32 Å². The molecule has 2 aromatic carbocycles. The molecule has 0 saturated carbocycles. The molecule has 0 unspecified atom stereocenters. The highest BCUT2D eigenvalue weighted by Gasteiger charge is 2.03.